The van der Waals surface area contributed by atoms with Gasteiger partial charge in [0.1, 0.15) is 18.3 Å². The fourth-order valence-corrected chi connectivity index (χ4v) is 2.28. The topological polar surface area (TPSA) is 88.1 Å². The Hall–Kier alpha value is -2.79. The largest absolute Gasteiger partial charge is 0.478 e. The molecule has 0 amide bonds. The van der Waals surface area contributed by atoms with Crippen LogP contribution in [0.4, 0.5) is 0 Å². The van der Waals surface area contributed by atoms with Crippen molar-refractivity contribution in [1.29, 1.82) is 10.5 Å². The van der Waals surface area contributed by atoms with E-state index in [2.05, 4.69) is 13.5 Å². The van der Waals surface area contributed by atoms with Gasteiger partial charge in [-0.25, -0.2) is 4.79 Å². The molecule has 5 heteroatoms. The van der Waals surface area contributed by atoms with Crippen molar-refractivity contribution >= 4 is 5.97 Å². The molecule has 1 rings (SSSR count). The highest BCUT2D eigenvalue weighted by Gasteiger charge is 2.14. The summed E-state index contributed by atoms with van der Waals surface area (Å²) in [5.74, 6) is -0.694. The number of benzene rings is 1. The Morgan fingerprint density at radius 1 is 1.36 bits per heavy atom. The SMILES string of the molecule is C=C(C#N)N(CC#N)CCC(CC)c1ccc(C(=O)O)cc1. The van der Waals surface area contributed by atoms with Crippen LogP contribution in [0.15, 0.2) is 36.5 Å². The first-order valence-corrected chi connectivity index (χ1v) is 7.07. The van der Waals surface area contributed by atoms with E-state index in [9.17, 15) is 4.79 Å². The number of carboxylic acid groups (broad SMARTS) is 1. The molecule has 1 aromatic carbocycles. The van der Waals surface area contributed by atoms with E-state index in [1.54, 1.807) is 17.0 Å². The highest BCUT2D eigenvalue weighted by molar-refractivity contribution is 5.87. The van der Waals surface area contributed by atoms with Crippen LogP contribution in [0.3, 0.4) is 0 Å². The zero-order valence-electron chi connectivity index (χ0n) is 12.6. The number of carbonyl (C=O) groups is 1. The molecular formula is C17H19N3O2. The number of rotatable bonds is 8. The normalized spacial score (nSPS) is 11.0. The molecule has 0 fully saturated rings. The fraction of sp³-hybridized carbons (Fsp3) is 0.353. The van der Waals surface area contributed by atoms with Gasteiger partial charge in [0.05, 0.1) is 11.6 Å². The number of nitrogens with zero attached hydrogens (tertiary/aromatic N) is 3. The van der Waals surface area contributed by atoms with E-state index in [4.69, 9.17) is 15.6 Å². The monoisotopic (exact) mass is 297 g/mol. The molecular weight excluding hydrogens is 278 g/mol. The molecule has 1 unspecified atom stereocenters. The second-order valence-electron chi connectivity index (χ2n) is 4.96. The van der Waals surface area contributed by atoms with Crippen molar-refractivity contribution in [1.82, 2.24) is 4.90 Å². The maximum Gasteiger partial charge on any atom is 0.335 e. The van der Waals surface area contributed by atoms with E-state index in [0.717, 1.165) is 18.4 Å². The molecule has 22 heavy (non-hydrogen) atoms. The lowest BCUT2D eigenvalue weighted by molar-refractivity contribution is 0.0697. The first kappa shape index (κ1) is 17.3. The van der Waals surface area contributed by atoms with Gasteiger partial charge in [-0.15, -0.1) is 0 Å². The molecule has 0 saturated heterocycles. The number of nitriles is 2. The lowest BCUT2D eigenvalue weighted by Gasteiger charge is -2.23. The number of hydrogen-bond donors (Lipinski definition) is 1. The van der Waals surface area contributed by atoms with Crippen LogP contribution in [-0.2, 0) is 0 Å². The van der Waals surface area contributed by atoms with Crippen molar-refractivity contribution in [2.75, 3.05) is 13.1 Å². The zero-order valence-corrected chi connectivity index (χ0v) is 12.6. The Morgan fingerprint density at radius 3 is 2.45 bits per heavy atom. The minimum Gasteiger partial charge on any atom is -0.478 e. The Kier molecular flexibility index (Phi) is 6.66. The number of carboxylic acids is 1. The summed E-state index contributed by atoms with van der Waals surface area (Å²) in [6.45, 7) is 6.42. The van der Waals surface area contributed by atoms with Gasteiger partial charge in [0.25, 0.3) is 0 Å². The molecule has 5 nitrogen and oxygen atoms in total. The van der Waals surface area contributed by atoms with Crippen molar-refractivity contribution in [3.63, 3.8) is 0 Å². The number of aromatic carboxylic acids is 1. The summed E-state index contributed by atoms with van der Waals surface area (Å²) in [7, 11) is 0. The predicted molar refractivity (Wildman–Crippen MR) is 83.0 cm³/mol. The average molecular weight is 297 g/mol. The van der Waals surface area contributed by atoms with E-state index < -0.39 is 5.97 Å². The molecule has 1 N–H and O–H groups in total. The quantitative estimate of drug-likeness (QED) is 0.588. The lowest BCUT2D eigenvalue weighted by Crippen LogP contribution is -2.24. The molecule has 0 aliphatic carbocycles. The molecule has 0 saturated carbocycles. The third kappa shape index (κ3) is 4.64. The van der Waals surface area contributed by atoms with E-state index >= 15 is 0 Å². The Bertz CT molecular complexity index is 608. The molecule has 0 radical (unpaired) electrons. The van der Waals surface area contributed by atoms with Gasteiger partial charge in [0, 0.05) is 6.54 Å². The Balaban J connectivity index is 2.76. The summed E-state index contributed by atoms with van der Waals surface area (Å²) < 4.78 is 0. The molecule has 0 heterocycles. The second-order valence-corrected chi connectivity index (χ2v) is 4.96. The molecule has 114 valence electrons. The molecule has 0 spiro atoms. The zero-order chi connectivity index (χ0) is 16.5. The van der Waals surface area contributed by atoms with Gasteiger partial charge in [0.15, 0.2) is 0 Å². The highest BCUT2D eigenvalue weighted by Crippen LogP contribution is 2.24. The fourth-order valence-electron chi connectivity index (χ4n) is 2.28. The number of hydrogen-bond acceptors (Lipinski definition) is 4. The van der Waals surface area contributed by atoms with Crippen LogP contribution in [0.25, 0.3) is 0 Å². The van der Waals surface area contributed by atoms with Crippen molar-refractivity contribution in [2.24, 2.45) is 0 Å². The standard InChI is InChI=1S/C17H19N3O2/c1-3-14(8-10-20(11-9-18)13(2)12-19)15-4-6-16(7-5-15)17(21)22/h4-7,14H,2-3,8,10-11H2,1H3,(H,21,22). The average Bonchev–Trinajstić information content (AvgIpc) is 2.54. The summed E-state index contributed by atoms with van der Waals surface area (Å²) in [6.07, 6.45) is 1.66. The maximum atomic E-state index is 10.9. The van der Waals surface area contributed by atoms with Crippen molar-refractivity contribution < 1.29 is 9.90 Å². The molecule has 1 aromatic rings. The van der Waals surface area contributed by atoms with Crippen LogP contribution in [0.1, 0.15) is 41.6 Å². The Morgan fingerprint density at radius 2 is 2.00 bits per heavy atom. The van der Waals surface area contributed by atoms with Gasteiger partial charge in [-0.3, -0.25) is 0 Å². The second kappa shape index (κ2) is 8.49. The highest BCUT2D eigenvalue weighted by atomic mass is 16.4. The minimum atomic E-state index is -0.940. The molecule has 0 aromatic heterocycles. The van der Waals surface area contributed by atoms with Crippen molar-refractivity contribution in [3.05, 3.63) is 47.7 Å². The summed E-state index contributed by atoms with van der Waals surface area (Å²) in [5, 5.41) is 26.6. The summed E-state index contributed by atoms with van der Waals surface area (Å²) in [5.41, 5.74) is 1.62. The third-order valence-corrected chi connectivity index (χ3v) is 3.64. The van der Waals surface area contributed by atoms with Crippen molar-refractivity contribution in [3.8, 4) is 12.1 Å². The van der Waals surface area contributed by atoms with Gasteiger partial charge in [0.2, 0.25) is 0 Å². The van der Waals surface area contributed by atoms with Crippen LogP contribution >= 0.6 is 0 Å². The van der Waals surface area contributed by atoms with Gasteiger partial charge >= 0.3 is 5.97 Å². The third-order valence-electron chi connectivity index (χ3n) is 3.64. The molecule has 1 atom stereocenters. The van der Waals surface area contributed by atoms with Crippen molar-refractivity contribution in [2.45, 2.75) is 25.7 Å². The van der Waals surface area contributed by atoms with Crippen LogP contribution in [0, 0.1) is 22.7 Å². The van der Waals surface area contributed by atoms with E-state index in [0.29, 0.717) is 6.54 Å². The number of allylic oxidation sites excluding steroid dienone is 1. The first-order chi connectivity index (χ1) is 10.5. The maximum absolute atomic E-state index is 10.9. The summed E-state index contributed by atoms with van der Waals surface area (Å²) >= 11 is 0. The van der Waals surface area contributed by atoms with Crippen LogP contribution < -0.4 is 0 Å². The van der Waals surface area contributed by atoms with Gasteiger partial charge in [-0.1, -0.05) is 25.6 Å². The van der Waals surface area contributed by atoms with Crippen LogP contribution in [0.5, 0.6) is 0 Å². The Labute approximate surface area is 130 Å². The van der Waals surface area contributed by atoms with Crippen LogP contribution in [0.2, 0.25) is 0 Å². The molecule has 0 bridgehead atoms. The lowest BCUT2D eigenvalue weighted by atomic mass is 9.92. The van der Waals surface area contributed by atoms with E-state index in [-0.39, 0.29) is 23.7 Å². The minimum absolute atomic E-state index is 0.140. The van der Waals surface area contributed by atoms with Crippen LogP contribution in [-0.4, -0.2) is 29.1 Å². The summed E-state index contributed by atoms with van der Waals surface area (Å²) in [4.78, 5) is 12.5. The molecule has 0 aliphatic heterocycles. The van der Waals surface area contributed by atoms with Gasteiger partial charge in [-0.2, -0.15) is 10.5 Å². The van der Waals surface area contributed by atoms with E-state index in [1.165, 1.54) is 0 Å². The van der Waals surface area contributed by atoms with Gasteiger partial charge < -0.3 is 10.0 Å². The van der Waals surface area contributed by atoms with E-state index in [1.807, 2.05) is 24.3 Å². The first-order valence-electron chi connectivity index (χ1n) is 7.07. The molecule has 0 aliphatic rings. The smallest absolute Gasteiger partial charge is 0.335 e. The van der Waals surface area contributed by atoms with Gasteiger partial charge in [-0.05, 0) is 36.5 Å². The predicted octanol–water partition coefficient (Wildman–Crippen LogP) is 3.13. The summed E-state index contributed by atoms with van der Waals surface area (Å²) in [6, 6.07) is 10.8.